The van der Waals surface area contributed by atoms with Crippen molar-refractivity contribution in [2.75, 3.05) is 19.6 Å². The first-order chi connectivity index (χ1) is 12.2. The highest BCUT2D eigenvalue weighted by molar-refractivity contribution is 5.89. The van der Waals surface area contributed by atoms with Gasteiger partial charge in [-0.3, -0.25) is 4.79 Å². The molecule has 2 aliphatic rings. The summed E-state index contributed by atoms with van der Waals surface area (Å²) in [6.45, 7) is 2.20. The minimum atomic E-state index is -0.300. The number of amides is 1. The van der Waals surface area contributed by atoms with E-state index < -0.39 is 0 Å². The van der Waals surface area contributed by atoms with Gasteiger partial charge in [0.15, 0.2) is 0 Å². The summed E-state index contributed by atoms with van der Waals surface area (Å²) in [7, 11) is 0. The number of hydrogen-bond acceptors (Lipinski definition) is 2. The van der Waals surface area contributed by atoms with Crippen LogP contribution in [0.5, 0.6) is 0 Å². The fourth-order valence-corrected chi connectivity index (χ4v) is 4.57. The lowest BCUT2D eigenvalue weighted by Crippen LogP contribution is -2.50. The molecule has 2 fully saturated rings. The van der Waals surface area contributed by atoms with Gasteiger partial charge in [0, 0.05) is 19.0 Å². The minimum absolute atomic E-state index is 0. The summed E-state index contributed by atoms with van der Waals surface area (Å²) in [6.07, 6.45) is 3.07. The van der Waals surface area contributed by atoms with E-state index in [0.29, 0.717) is 24.3 Å². The average Bonchev–Trinajstić information content (AvgIpc) is 3.07. The Morgan fingerprint density at radius 1 is 1.00 bits per heavy atom. The molecule has 1 saturated carbocycles. The number of likely N-dealkylation sites (tertiary alicyclic amines) is 1. The topological polar surface area (TPSA) is 46.3 Å². The van der Waals surface area contributed by atoms with E-state index in [1.54, 1.807) is 0 Å². The van der Waals surface area contributed by atoms with Gasteiger partial charge < -0.3 is 10.6 Å². The smallest absolute Gasteiger partial charge is 0.233 e. The van der Waals surface area contributed by atoms with Crippen LogP contribution < -0.4 is 5.73 Å². The Hall–Kier alpha value is -1.84. The van der Waals surface area contributed by atoms with E-state index in [1.807, 2.05) is 24.3 Å². The van der Waals surface area contributed by atoms with Gasteiger partial charge in [0.25, 0.3) is 0 Å². The molecule has 3 nitrogen and oxygen atoms in total. The summed E-state index contributed by atoms with van der Waals surface area (Å²) < 4.78 is 0. The summed E-state index contributed by atoms with van der Waals surface area (Å²) >= 11 is 0. The van der Waals surface area contributed by atoms with E-state index in [2.05, 4.69) is 41.3 Å². The molecule has 0 radical (unpaired) electrons. The Kier molecular flexibility index (Phi) is 5.69. The highest BCUT2D eigenvalue weighted by Crippen LogP contribution is 2.46. The van der Waals surface area contributed by atoms with Crippen LogP contribution in [0.15, 0.2) is 60.7 Å². The summed E-state index contributed by atoms with van der Waals surface area (Å²) in [4.78, 5) is 15.6. The molecule has 138 valence electrons. The maximum Gasteiger partial charge on any atom is 0.233 e. The number of carbonyl (C=O) groups is 1. The van der Waals surface area contributed by atoms with Crippen LogP contribution in [0.2, 0.25) is 0 Å². The van der Waals surface area contributed by atoms with Crippen LogP contribution in [0.3, 0.4) is 0 Å². The first-order valence-corrected chi connectivity index (χ1v) is 9.34. The van der Waals surface area contributed by atoms with Crippen molar-refractivity contribution >= 4 is 18.3 Å². The minimum Gasteiger partial charge on any atom is -0.341 e. The van der Waals surface area contributed by atoms with Crippen molar-refractivity contribution < 1.29 is 4.79 Å². The van der Waals surface area contributed by atoms with Gasteiger partial charge in [0.2, 0.25) is 5.91 Å². The van der Waals surface area contributed by atoms with Crippen molar-refractivity contribution in [3.63, 3.8) is 0 Å². The van der Waals surface area contributed by atoms with Gasteiger partial charge in [-0.2, -0.15) is 0 Å². The van der Waals surface area contributed by atoms with Crippen molar-refractivity contribution in [1.29, 1.82) is 0 Å². The molecule has 0 unspecified atom stereocenters. The third kappa shape index (κ3) is 3.15. The molecule has 26 heavy (non-hydrogen) atoms. The van der Waals surface area contributed by atoms with Crippen molar-refractivity contribution in [2.24, 2.45) is 11.7 Å². The van der Waals surface area contributed by atoms with Crippen LogP contribution in [-0.4, -0.2) is 30.4 Å². The lowest BCUT2D eigenvalue weighted by molar-refractivity contribution is -0.140. The van der Waals surface area contributed by atoms with Gasteiger partial charge in [0.1, 0.15) is 0 Å². The summed E-state index contributed by atoms with van der Waals surface area (Å²) in [6, 6.07) is 20.9. The van der Waals surface area contributed by atoms with E-state index >= 15 is 0 Å². The molecule has 0 bridgehead atoms. The first-order valence-electron chi connectivity index (χ1n) is 9.34. The molecule has 2 N–H and O–H groups in total. The maximum absolute atomic E-state index is 13.5. The van der Waals surface area contributed by atoms with Crippen LogP contribution in [0, 0.1) is 5.92 Å². The molecule has 1 aliphatic heterocycles. The summed E-state index contributed by atoms with van der Waals surface area (Å²) in [5.74, 6) is 1.00. The molecule has 2 aromatic rings. The standard InChI is InChI=1S/C22H26N2O.ClH/c23-14-18-15-24(16-20(18)17-8-3-1-4-9-17)21(25)22(12-7-13-22)19-10-5-2-6-11-19;/h1-6,8-11,18,20H,7,12-16,23H2;1H/t18-,20+;/m1./s1. The van der Waals surface area contributed by atoms with E-state index in [4.69, 9.17) is 5.73 Å². The molecule has 2 atom stereocenters. The second-order valence-corrected chi connectivity index (χ2v) is 7.52. The van der Waals surface area contributed by atoms with Gasteiger partial charge in [-0.05, 0) is 36.4 Å². The van der Waals surface area contributed by atoms with Crippen molar-refractivity contribution in [3.8, 4) is 0 Å². The zero-order chi connectivity index (χ0) is 17.3. The number of rotatable bonds is 4. The lowest BCUT2D eigenvalue weighted by atomic mass is 9.63. The van der Waals surface area contributed by atoms with Gasteiger partial charge in [-0.15, -0.1) is 12.4 Å². The molecule has 4 heteroatoms. The van der Waals surface area contributed by atoms with Crippen molar-refractivity contribution in [2.45, 2.75) is 30.6 Å². The largest absolute Gasteiger partial charge is 0.341 e. The zero-order valence-electron chi connectivity index (χ0n) is 15.0. The van der Waals surface area contributed by atoms with Crippen LogP contribution in [0.25, 0.3) is 0 Å². The van der Waals surface area contributed by atoms with E-state index in [-0.39, 0.29) is 17.8 Å². The van der Waals surface area contributed by atoms with E-state index in [0.717, 1.165) is 32.4 Å². The molecule has 0 aromatic heterocycles. The second-order valence-electron chi connectivity index (χ2n) is 7.52. The number of carbonyl (C=O) groups excluding carboxylic acids is 1. The maximum atomic E-state index is 13.5. The third-order valence-corrected chi connectivity index (χ3v) is 6.20. The Bertz CT molecular complexity index is 730. The number of nitrogens with zero attached hydrogens (tertiary/aromatic N) is 1. The highest BCUT2D eigenvalue weighted by Gasteiger charge is 2.49. The second kappa shape index (κ2) is 7.81. The molecule has 1 saturated heterocycles. The number of benzene rings is 2. The summed E-state index contributed by atoms with van der Waals surface area (Å²) in [5, 5.41) is 0. The van der Waals surface area contributed by atoms with Crippen LogP contribution in [0.1, 0.15) is 36.3 Å². The third-order valence-electron chi connectivity index (χ3n) is 6.20. The average molecular weight is 371 g/mol. The number of nitrogens with two attached hydrogens (primary N) is 1. The number of hydrogen-bond donors (Lipinski definition) is 1. The van der Waals surface area contributed by atoms with Gasteiger partial charge in [-0.25, -0.2) is 0 Å². The predicted octanol–water partition coefficient (Wildman–Crippen LogP) is 3.73. The molecule has 0 spiro atoms. The van der Waals surface area contributed by atoms with Crippen molar-refractivity contribution in [1.82, 2.24) is 4.90 Å². The fraction of sp³-hybridized carbons (Fsp3) is 0.409. The quantitative estimate of drug-likeness (QED) is 0.891. The zero-order valence-corrected chi connectivity index (χ0v) is 15.8. The fourth-order valence-electron chi connectivity index (χ4n) is 4.57. The van der Waals surface area contributed by atoms with Gasteiger partial charge in [-0.1, -0.05) is 67.1 Å². The highest BCUT2D eigenvalue weighted by atomic mass is 35.5. The van der Waals surface area contributed by atoms with E-state index in [1.165, 1.54) is 11.1 Å². The van der Waals surface area contributed by atoms with Crippen molar-refractivity contribution in [3.05, 3.63) is 71.8 Å². The Morgan fingerprint density at radius 2 is 1.62 bits per heavy atom. The molecule has 2 aromatic carbocycles. The summed E-state index contributed by atoms with van der Waals surface area (Å²) in [5.41, 5.74) is 8.23. The first kappa shape index (κ1) is 18.9. The van der Waals surface area contributed by atoms with Crippen LogP contribution in [0.4, 0.5) is 0 Å². The Morgan fingerprint density at radius 3 is 2.15 bits per heavy atom. The van der Waals surface area contributed by atoms with Crippen LogP contribution >= 0.6 is 12.4 Å². The van der Waals surface area contributed by atoms with Crippen LogP contribution in [-0.2, 0) is 10.2 Å². The Labute approximate surface area is 162 Å². The Balaban J connectivity index is 0.00000196. The normalized spacial score (nSPS) is 23.8. The molecule has 1 heterocycles. The molecular formula is C22H27ClN2O. The van der Waals surface area contributed by atoms with Gasteiger partial charge >= 0.3 is 0 Å². The SMILES string of the molecule is Cl.NC[C@@H]1CN(C(=O)C2(c3ccccc3)CCC2)C[C@H]1c1ccccc1. The predicted molar refractivity (Wildman–Crippen MR) is 108 cm³/mol. The number of halogens is 1. The molecule has 1 aliphatic carbocycles. The molecular weight excluding hydrogens is 344 g/mol. The monoisotopic (exact) mass is 370 g/mol. The lowest BCUT2D eigenvalue weighted by Gasteiger charge is -2.43. The molecule has 4 rings (SSSR count). The van der Waals surface area contributed by atoms with E-state index in [9.17, 15) is 4.79 Å². The van der Waals surface area contributed by atoms with Gasteiger partial charge in [0.05, 0.1) is 5.41 Å². The molecule has 1 amide bonds.